The van der Waals surface area contributed by atoms with Crippen LogP contribution in [0.5, 0.6) is 0 Å². The summed E-state index contributed by atoms with van der Waals surface area (Å²) < 4.78 is 0. The lowest BCUT2D eigenvalue weighted by Gasteiger charge is -2.08. The van der Waals surface area contributed by atoms with E-state index in [2.05, 4.69) is 25.8 Å². The third-order valence-electron chi connectivity index (χ3n) is 2.93. The highest BCUT2D eigenvalue weighted by Crippen LogP contribution is 2.42. The lowest BCUT2D eigenvalue weighted by Crippen LogP contribution is -1.95. The van der Waals surface area contributed by atoms with Crippen molar-refractivity contribution in [2.24, 2.45) is 0 Å². The van der Waals surface area contributed by atoms with Crippen LogP contribution in [0.1, 0.15) is 48.9 Å². The second-order valence-corrected chi connectivity index (χ2v) is 4.49. The molecular weight excluding hydrogens is 182 g/mol. The van der Waals surface area contributed by atoms with Crippen LogP contribution in [0.2, 0.25) is 5.15 Å². The molecule has 1 nitrogen and oxygen atoms in total. The van der Waals surface area contributed by atoms with Crippen LogP contribution in [0.3, 0.4) is 0 Å². The van der Waals surface area contributed by atoms with Gasteiger partial charge in [0.05, 0.1) is 0 Å². The van der Waals surface area contributed by atoms with Crippen molar-refractivity contribution in [1.82, 2.24) is 4.98 Å². The Morgan fingerprint density at radius 2 is 2.08 bits per heavy atom. The van der Waals surface area contributed by atoms with Gasteiger partial charge in [-0.15, -0.1) is 0 Å². The summed E-state index contributed by atoms with van der Waals surface area (Å²) in [4.78, 5) is 4.41. The topological polar surface area (TPSA) is 12.9 Å². The maximum absolute atomic E-state index is 5.93. The lowest BCUT2D eigenvalue weighted by molar-refractivity contribution is 0.654. The smallest absolute Gasteiger partial charge is 0.129 e. The Morgan fingerprint density at radius 1 is 1.38 bits per heavy atom. The first-order valence-corrected chi connectivity index (χ1v) is 5.14. The number of aryl methyl sites for hydroxylation is 1. The first-order valence-electron chi connectivity index (χ1n) is 4.76. The highest BCUT2D eigenvalue weighted by atomic mass is 35.5. The van der Waals surface area contributed by atoms with E-state index in [0.29, 0.717) is 17.0 Å². The van der Waals surface area contributed by atoms with Crippen molar-refractivity contribution in [1.29, 1.82) is 0 Å². The molecule has 2 heteroatoms. The Labute approximate surface area is 84.1 Å². The molecule has 13 heavy (non-hydrogen) atoms. The van der Waals surface area contributed by atoms with E-state index in [1.54, 1.807) is 0 Å². The molecule has 1 aromatic rings. The molecule has 1 aromatic heterocycles. The predicted octanol–water partition coefficient (Wildman–Crippen LogP) is 3.65. The van der Waals surface area contributed by atoms with Gasteiger partial charge in [-0.05, 0) is 42.4 Å². The summed E-state index contributed by atoms with van der Waals surface area (Å²) in [6.45, 7) is 6.62. The molecule has 0 fully saturated rings. The van der Waals surface area contributed by atoms with E-state index in [0.717, 1.165) is 0 Å². The molecule has 0 radical (unpaired) electrons. The van der Waals surface area contributed by atoms with Gasteiger partial charge in [0.15, 0.2) is 0 Å². The quantitative estimate of drug-likeness (QED) is 0.576. The van der Waals surface area contributed by atoms with Gasteiger partial charge in [-0.25, -0.2) is 4.98 Å². The normalized spacial score (nSPS) is 26.2. The molecule has 0 bridgehead atoms. The van der Waals surface area contributed by atoms with Crippen molar-refractivity contribution in [2.45, 2.75) is 39.0 Å². The van der Waals surface area contributed by atoms with Crippen LogP contribution >= 0.6 is 11.6 Å². The minimum atomic E-state index is 0.572. The molecule has 2 atom stereocenters. The van der Waals surface area contributed by atoms with Crippen LogP contribution in [0.4, 0.5) is 0 Å². The first-order chi connectivity index (χ1) is 6.09. The monoisotopic (exact) mass is 195 g/mol. The Morgan fingerprint density at radius 3 is 2.77 bits per heavy atom. The molecule has 1 heterocycles. The molecule has 0 N–H and O–H groups in total. The zero-order valence-electron chi connectivity index (χ0n) is 8.26. The van der Waals surface area contributed by atoms with Crippen molar-refractivity contribution >= 4 is 11.6 Å². The van der Waals surface area contributed by atoms with E-state index in [1.807, 2.05) is 6.07 Å². The number of halogens is 1. The molecule has 0 amide bonds. The van der Waals surface area contributed by atoms with Crippen molar-refractivity contribution in [2.75, 3.05) is 0 Å². The second kappa shape index (κ2) is 2.98. The minimum Gasteiger partial charge on any atom is -0.241 e. The third kappa shape index (κ3) is 1.35. The maximum atomic E-state index is 5.93. The highest BCUT2D eigenvalue weighted by Gasteiger charge is 2.28. The fourth-order valence-electron chi connectivity index (χ4n) is 2.44. The summed E-state index contributed by atoms with van der Waals surface area (Å²) >= 11 is 5.93. The van der Waals surface area contributed by atoms with E-state index < -0.39 is 0 Å². The number of rotatable bonds is 0. The van der Waals surface area contributed by atoms with Gasteiger partial charge in [0, 0.05) is 5.69 Å². The van der Waals surface area contributed by atoms with Gasteiger partial charge in [-0.1, -0.05) is 25.4 Å². The molecule has 0 spiro atoms. The Balaban J connectivity index is 2.63. The number of hydrogen-bond acceptors (Lipinski definition) is 1. The Hall–Kier alpha value is -0.560. The van der Waals surface area contributed by atoms with Gasteiger partial charge in [0.1, 0.15) is 5.15 Å². The van der Waals surface area contributed by atoms with Crippen molar-refractivity contribution in [3.63, 3.8) is 0 Å². The van der Waals surface area contributed by atoms with Crippen LogP contribution in [-0.4, -0.2) is 4.98 Å². The SMILES string of the molecule is Cc1cc(Cl)nc2c1C(C)CC2C. The van der Waals surface area contributed by atoms with Crippen molar-refractivity contribution < 1.29 is 0 Å². The predicted molar refractivity (Wildman–Crippen MR) is 55.4 cm³/mol. The van der Waals surface area contributed by atoms with Crippen LogP contribution in [-0.2, 0) is 0 Å². The average molecular weight is 196 g/mol. The van der Waals surface area contributed by atoms with Gasteiger partial charge in [-0.2, -0.15) is 0 Å². The molecule has 0 aliphatic heterocycles. The largest absolute Gasteiger partial charge is 0.241 e. The molecule has 0 saturated heterocycles. The van der Waals surface area contributed by atoms with Crippen molar-refractivity contribution in [3.05, 3.63) is 28.0 Å². The van der Waals surface area contributed by atoms with E-state index in [9.17, 15) is 0 Å². The van der Waals surface area contributed by atoms with Gasteiger partial charge < -0.3 is 0 Å². The molecule has 2 rings (SSSR count). The zero-order chi connectivity index (χ0) is 9.59. The van der Waals surface area contributed by atoms with Crippen LogP contribution < -0.4 is 0 Å². The number of pyridine rings is 1. The number of nitrogens with zero attached hydrogens (tertiary/aromatic N) is 1. The summed E-state index contributed by atoms with van der Waals surface area (Å²) in [5.74, 6) is 1.22. The number of fused-ring (bicyclic) bond motifs is 1. The Bertz CT molecular complexity index is 346. The van der Waals surface area contributed by atoms with Gasteiger partial charge in [0.2, 0.25) is 0 Å². The molecular formula is C11H14ClN. The number of aromatic nitrogens is 1. The lowest BCUT2D eigenvalue weighted by atomic mass is 10.0. The highest BCUT2D eigenvalue weighted by molar-refractivity contribution is 6.29. The zero-order valence-corrected chi connectivity index (χ0v) is 9.02. The van der Waals surface area contributed by atoms with Crippen LogP contribution in [0, 0.1) is 6.92 Å². The average Bonchev–Trinajstić information content (AvgIpc) is 2.27. The molecule has 1 aliphatic rings. The molecule has 2 unspecified atom stereocenters. The summed E-state index contributed by atoms with van der Waals surface area (Å²) in [6.07, 6.45) is 1.21. The fraction of sp³-hybridized carbons (Fsp3) is 0.545. The summed E-state index contributed by atoms with van der Waals surface area (Å²) in [7, 11) is 0. The van der Waals surface area contributed by atoms with E-state index in [4.69, 9.17) is 11.6 Å². The summed E-state index contributed by atoms with van der Waals surface area (Å²) in [6, 6.07) is 1.97. The van der Waals surface area contributed by atoms with Crippen LogP contribution in [0.15, 0.2) is 6.07 Å². The van der Waals surface area contributed by atoms with E-state index >= 15 is 0 Å². The summed E-state index contributed by atoms with van der Waals surface area (Å²) in [5, 5.41) is 0.636. The van der Waals surface area contributed by atoms with Gasteiger partial charge in [-0.3, -0.25) is 0 Å². The first kappa shape index (κ1) is 9.01. The minimum absolute atomic E-state index is 0.572. The molecule has 0 saturated carbocycles. The fourth-order valence-corrected chi connectivity index (χ4v) is 2.70. The number of hydrogen-bond donors (Lipinski definition) is 0. The van der Waals surface area contributed by atoms with Gasteiger partial charge in [0.25, 0.3) is 0 Å². The maximum Gasteiger partial charge on any atom is 0.129 e. The molecule has 1 aliphatic carbocycles. The second-order valence-electron chi connectivity index (χ2n) is 4.10. The van der Waals surface area contributed by atoms with E-state index in [1.165, 1.54) is 23.2 Å². The molecule has 70 valence electrons. The third-order valence-corrected chi connectivity index (χ3v) is 3.12. The molecule has 0 aromatic carbocycles. The van der Waals surface area contributed by atoms with Crippen LogP contribution in [0.25, 0.3) is 0 Å². The van der Waals surface area contributed by atoms with Crippen molar-refractivity contribution in [3.8, 4) is 0 Å². The Kier molecular flexibility index (Phi) is 2.07. The van der Waals surface area contributed by atoms with E-state index in [-0.39, 0.29) is 0 Å². The standard InChI is InChI=1S/C11H14ClN/c1-6-4-8(3)11-10(6)7(2)5-9(12)13-11/h5-6,8H,4H2,1-3H3. The van der Waals surface area contributed by atoms with Gasteiger partial charge >= 0.3 is 0 Å². The summed E-state index contributed by atoms with van der Waals surface area (Å²) in [5.41, 5.74) is 3.95.